The Bertz CT molecular complexity index is 1010. The molecule has 0 fully saturated rings. The van der Waals surface area contributed by atoms with Gasteiger partial charge in [-0.15, -0.1) is 0 Å². The monoisotopic (exact) mass is 382 g/mol. The van der Waals surface area contributed by atoms with Crippen LogP contribution in [-0.2, 0) is 17.8 Å². The van der Waals surface area contributed by atoms with Gasteiger partial charge in [0.2, 0.25) is 0 Å². The van der Waals surface area contributed by atoms with E-state index in [9.17, 15) is 4.79 Å². The molecular formula is C21H19ClN2O3. The molecule has 2 heterocycles. The molecule has 2 aromatic carbocycles. The molecule has 1 amide bonds. The highest BCUT2D eigenvalue weighted by Gasteiger charge is 2.22. The van der Waals surface area contributed by atoms with Gasteiger partial charge in [0.25, 0.3) is 5.91 Å². The highest BCUT2D eigenvalue weighted by Crippen LogP contribution is 2.30. The van der Waals surface area contributed by atoms with Crippen LogP contribution in [0.2, 0.25) is 5.02 Å². The first-order valence-corrected chi connectivity index (χ1v) is 9.13. The van der Waals surface area contributed by atoms with Gasteiger partial charge in [0, 0.05) is 24.7 Å². The number of nitrogens with zero attached hydrogens (tertiary/aromatic N) is 2. The van der Waals surface area contributed by atoms with Crippen molar-refractivity contribution >= 4 is 28.4 Å². The van der Waals surface area contributed by atoms with E-state index in [1.54, 1.807) is 25.4 Å². The van der Waals surface area contributed by atoms with Gasteiger partial charge in [0.15, 0.2) is 6.61 Å². The first kappa shape index (κ1) is 17.6. The quantitative estimate of drug-likeness (QED) is 0.687. The number of rotatable bonds is 4. The lowest BCUT2D eigenvalue weighted by Gasteiger charge is -2.29. The summed E-state index contributed by atoms with van der Waals surface area (Å²) in [6.07, 6.45) is 2.51. The number of hydrogen-bond acceptors (Lipinski definition) is 4. The van der Waals surface area contributed by atoms with Crippen LogP contribution >= 0.6 is 11.6 Å². The highest BCUT2D eigenvalue weighted by atomic mass is 35.5. The zero-order valence-corrected chi connectivity index (χ0v) is 15.7. The molecule has 0 unspecified atom stereocenters. The number of amides is 1. The van der Waals surface area contributed by atoms with Crippen LogP contribution < -0.4 is 9.47 Å². The molecule has 3 aromatic rings. The van der Waals surface area contributed by atoms with Gasteiger partial charge < -0.3 is 14.4 Å². The van der Waals surface area contributed by atoms with Crippen molar-refractivity contribution in [2.75, 3.05) is 20.3 Å². The zero-order chi connectivity index (χ0) is 18.8. The van der Waals surface area contributed by atoms with Crippen LogP contribution in [0.25, 0.3) is 10.9 Å². The molecule has 0 aliphatic carbocycles. The maximum absolute atomic E-state index is 12.7. The maximum Gasteiger partial charge on any atom is 0.260 e. The second kappa shape index (κ2) is 7.45. The average Bonchev–Trinajstić information content (AvgIpc) is 2.72. The number of pyridine rings is 1. The molecule has 4 rings (SSSR count). The summed E-state index contributed by atoms with van der Waals surface area (Å²) in [4.78, 5) is 18.8. The van der Waals surface area contributed by atoms with Gasteiger partial charge in [0.05, 0.1) is 12.1 Å². The molecule has 27 heavy (non-hydrogen) atoms. The first-order chi connectivity index (χ1) is 13.2. The van der Waals surface area contributed by atoms with Crippen LogP contribution in [0.4, 0.5) is 0 Å². The predicted octanol–water partition coefficient (Wildman–Crippen LogP) is 3.86. The molecule has 0 atom stereocenters. The highest BCUT2D eigenvalue weighted by molar-refractivity contribution is 6.35. The fourth-order valence-corrected chi connectivity index (χ4v) is 3.55. The fourth-order valence-electron chi connectivity index (χ4n) is 3.33. The Balaban J connectivity index is 1.47. The Kier molecular flexibility index (Phi) is 4.86. The van der Waals surface area contributed by atoms with Crippen molar-refractivity contribution in [2.45, 2.75) is 13.0 Å². The molecule has 0 spiro atoms. The predicted molar refractivity (Wildman–Crippen MR) is 104 cm³/mol. The number of benzene rings is 2. The molecule has 5 nitrogen and oxygen atoms in total. The van der Waals surface area contributed by atoms with Crippen molar-refractivity contribution in [1.29, 1.82) is 0 Å². The molecule has 0 radical (unpaired) electrons. The second-order valence-corrected chi connectivity index (χ2v) is 6.84. The summed E-state index contributed by atoms with van der Waals surface area (Å²) in [5.41, 5.74) is 3.03. The summed E-state index contributed by atoms with van der Waals surface area (Å²) in [5.74, 6) is 1.31. The molecule has 6 heteroatoms. The topological polar surface area (TPSA) is 51.7 Å². The summed E-state index contributed by atoms with van der Waals surface area (Å²) >= 11 is 6.21. The van der Waals surface area contributed by atoms with Gasteiger partial charge in [0.1, 0.15) is 17.0 Å². The minimum Gasteiger partial charge on any atom is -0.497 e. The van der Waals surface area contributed by atoms with Gasteiger partial charge >= 0.3 is 0 Å². The molecule has 0 bridgehead atoms. The van der Waals surface area contributed by atoms with E-state index in [0.29, 0.717) is 29.4 Å². The molecule has 0 saturated carbocycles. The molecular weight excluding hydrogens is 364 g/mol. The number of ether oxygens (including phenoxy) is 2. The zero-order valence-electron chi connectivity index (χ0n) is 14.9. The molecule has 1 aromatic heterocycles. The summed E-state index contributed by atoms with van der Waals surface area (Å²) in [7, 11) is 1.64. The Morgan fingerprint density at radius 3 is 2.96 bits per heavy atom. The van der Waals surface area contributed by atoms with E-state index in [4.69, 9.17) is 21.1 Å². The Hall–Kier alpha value is -2.79. The van der Waals surface area contributed by atoms with E-state index in [0.717, 1.165) is 23.1 Å². The number of fused-ring (bicyclic) bond motifs is 2. The number of aromatic nitrogens is 1. The Morgan fingerprint density at radius 2 is 2.11 bits per heavy atom. The average molecular weight is 383 g/mol. The molecule has 1 aliphatic rings. The van der Waals surface area contributed by atoms with Crippen molar-refractivity contribution < 1.29 is 14.3 Å². The largest absolute Gasteiger partial charge is 0.497 e. The van der Waals surface area contributed by atoms with E-state index >= 15 is 0 Å². The summed E-state index contributed by atoms with van der Waals surface area (Å²) in [5, 5.41) is 1.42. The van der Waals surface area contributed by atoms with Crippen LogP contribution in [0.3, 0.4) is 0 Å². The van der Waals surface area contributed by atoms with Crippen molar-refractivity contribution in [3.63, 3.8) is 0 Å². The summed E-state index contributed by atoms with van der Waals surface area (Å²) in [6, 6.07) is 13.2. The van der Waals surface area contributed by atoms with Crippen LogP contribution in [0.5, 0.6) is 11.5 Å². The van der Waals surface area contributed by atoms with Gasteiger partial charge in [-0.1, -0.05) is 17.7 Å². The lowest BCUT2D eigenvalue weighted by Crippen LogP contribution is -2.38. The van der Waals surface area contributed by atoms with E-state index in [1.165, 1.54) is 5.56 Å². The van der Waals surface area contributed by atoms with E-state index in [-0.39, 0.29) is 12.5 Å². The standard InChI is InChI=1S/C21H19ClN2O3/c1-26-16-5-4-14-8-10-24(12-15(14)11-16)20(25)13-27-19-7-6-18(22)17-3-2-9-23-21(17)19/h2-7,9,11H,8,10,12-13H2,1H3. The van der Waals surface area contributed by atoms with Crippen LogP contribution in [0, 0.1) is 0 Å². The van der Waals surface area contributed by atoms with E-state index in [2.05, 4.69) is 11.1 Å². The number of methoxy groups -OCH3 is 1. The van der Waals surface area contributed by atoms with Crippen molar-refractivity contribution in [2.24, 2.45) is 0 Å². The van der Waals surface area contributed by atoms with Crippen molar-refractivity contribution in [1.82, 2.24) is 9.88 Å². The van der Waals surface area contributed by atoms with E-state index < -0.39 is 0 Å². The third-order valence-electron chi connectivity index (χ3n) is 4.81. The summed E-state index contributed by atoms with van der Waals surface area (Å²) < 4.78 is 11.1. The Morgan fingerprint density at radius 1 is 1.22 bits per heavy atom. The van der Waals surface area contributed by atoms with E-state index in [1.807, 2.05) is 29.2 Å². The normalized spacial score (nSPS) is 13.3. The Labute approximate surface area is 162 Å². The lowest BCUT2D eigenvalue weighted by molar-refractivity contribution is -0.134. The van der Waals surface area contributed by atoms with Crippen molar-refractivity contribution in [3.05, 3.63) is 64.8 Å². The smallest absolute Gasteiger partial charge is 0.260 e. The van der Waals surface area contributed by atoms with Gasteiger partial charge in [-0.05, 0) is 53.9 Å². The molecule has 0 N–H and O–H groups in total. The number of carbonyl (C=O) groups excluding carboxylic acids is 1. The lowest BCUT2D eigenvalue weighted by atomic mass is 9.99. The fraction of sp³-hybridized carbons (Fsp3) is 0.238. The van der Waals surface area contributed by atoms with Gasteiger partial charge in [-0.2, -0.15) is 0 Å². The minimum absolute atomic E-state index is 0.0351. The van der Waals surface area contributed by atoms with Crippen molar-refractivity contribution in [3.8, 4) is 11.5 Å². The number of carbonyl (C=O) groups is 1. The first-order valence-electron chi connectivity index (χ1n) is 8.75. The molecule has 138 valence electrons. The van der Waals surface area contributed by atoms with Crippen LogP contribution in [0.15, 0.2) is 48.7 Å². The SMILES string of the molecule is COc1ccc2c(c1)CN(C(=O)COc1ccc(Cl)c3cccnc13)CC2. The van der Waals surface area contributed by atoms with Gasteiger partial charge in [-0.25, -0.2) is 0 Å². The molecule has 0 saturated heterocycles. The maximum atomic E-state index is 12.7. The van der Waals surface area contributed by atoms with Crippen LogP contribution in [-0.4, -0.2) is 36.1 Å². The summed E-state index contributed by atoms with van der Waals surface area (Å²) in [6.45, 7) is 1.21. The third kappa shape index (κ3) is 3.55. The second-order valence-electron chi connectivity index (χ2n) is 6.43. The van der Waals surface area contributed by atoms with Gasteiger partial charge in [-0.3, -0.25) is 9.78 Å². The molecule has 1 aliphatic heterocycles. The van der Waals surface area contributed by atoms with Crippen LogP contribution in [0.1, 0.15) is 11.1 Å². The number of hydrogen-bond donors (Lipinski definition) is 0. The number of halogens is 1. The third-order valence-corrected chi connectivity index (χ3v) is 5.14. The minimum atomic E-state index is -0.0532.